The monoisotopic (exact) mass is 413 g/mol. The van der Waals surface area contributed by atoms with Crippen LogP contribution in [-0.4, -0.2) is 51.4 Å². The number of amides is 1. The Morgan fingerprint density at radius 2 is 1.55 bits per heavy atom. The maximum atomic E-state index is 13.1. The van der Waals surface area contributed by atoms with E-state index in [1.807, 2.05) is 6.07 Å². The molecule has 0 radical (unpaired) electrons. The molecule has 0 aromatic heterocycles. The van der Waals surface area contributed by atoms with E-state index in [1.54, 1.807) is 33.5 Å². The van der Waals surface area contributed by atoms with E-state index < -0.39 is 10.0 Å². The molecule has 2 aromatic carbocycles. The van der Waals surface area contributed by atoms with E-state index >= 15 is 0 Å². The largest absolute Gasteiger partial charge is 0.369 e. The highest BCUT2D eigenvalue weighted by Crippen LogP contribution is 2.25. The van der Waals surface area contributed by atoms with Crippen LogP contribution in [-0.2, 0) is 14.8 Å². The van der Waals surface area contributed by atoms with Crippen molar-refractivity contribution in [3.05, 3.63) is 54.1 Å². The number of piperidine rings is 1. The molecule has 2 saturated heterocycles. The molecule has 0 saturated carbocycles. The highest BCUT2D eigenvalue weighted by Gasteiger charge is 2.29. The summed E-state index contributed by atoms with van der Waals surface area (Å²) in [6, 6.07) is 15.0. The van der Waals surface area contributed by atoms with E-state index in [1.165, 1.54) is 5.56 Å². The van der Waals surface area contributed by atoms with Crippen LogP contribution in [0, 0.1) is 6.92 Å². The standard InChI is InChI=1S/C22H27N3O3S/c1-18-5-4-6-20(17-18)23-13-15-24(16-14-23)29(27,28)21-10-8-19(9-11-21)25-12-3-2-7-22(25)26/h4-6,8-11,17H,2-3,7,12-16H2,1H3. The first-order valence-electron chi connectivity index (χ1n) is 10.2. The smallest absolute Gasteiger partial charge is 0.243 e. The Labute approximate surface area is 172 Å². The zero-order valence-electron chi connectivity index (χ0n) is 16.8. The number of piperazine rings is 1. The van der Waals surface area contributed by atoms with Gasteiger partial charge in [0, 0.05) is 50.5 Å². The SMILES string of the molecule is Cc1cccc(N2CCN(S(=O)(=O)c3ccc(N4CCCCC4=O)cc3)CC2)c1. The van der Waals surface area contributed by atoms with Crippen LogP contribution in [0.25, 0.3) is 0 Å². The molecule has 0 atom stereocenters. The van der Waals surface area contributed by atoms with Gasteiger partial charge in [-0.1, -0.05) is 12.1 Å². The predicted molar refractivity (Wildman–Crippen MR) is 115 cm³/mol. The molecular weight excluding hydrogens is 386 g/mol. The number of hydrogen-bond donors (Lipinski definition) is 0. The van der Waals surface area contributed by atoms with Crippen LogP contribution in [0.15, 0.2) is 53.4 Å². The predicted octanol–water partition coefficient (Wildman–Crippen LogP) is 3.02. The molecule has 2 aromatic rings. The number of nitrogens with zero attached hydrogens (tertiary/aromatic N) is 3. The minimum absolute atomic E-state index is 0.110. The summed E-state index contributed by atoms with van der Waals surface area (Å²) in [6.45, 7) is 5.02. The molecule has 2 fully saturated rings. The number of sulfonamides is 1. The lowest BCUT2D eigenvalue weighted by Gasteiger charge is -2.35. The van der Waals surface area contributed by atoms with Crippen LogP contribution in [0.3, 0.4) is 0 Å². The van der Waals surface area contributed by atoms with Gasteiger partial charge in [-0.15, -0.1) is 0 Å². The summed E-state index contributed by atoms with van der Waals surface area (Å²) in [6.07, 6.45) is 2.47. The first-order chi connectivity index (χ1) is 13.9. The molecular formula is C22H27N3O3S. The van der Waals surface area contributed by atoms with Gasteiger partial charge < -0.3 is 9.80 Å². The quantitative estimate of drug-likeness (QED) is 0.773. The fourth-order valence-electron chi connectivity index (χ4n) is 4.04. The lowest BCUT2D eigenvalue weighted by Crippen LogP contribution is -2.48. The zero-order valence-corrected chi connectivity index (χ0v) is 17.6. The van der Waals surface area contributed by atoms with E-state index in [-0.39, 0.29) is 10.8 Å². The van der Waals surface area contributed by atoms with Gasteiger partial charge in [-0.25, -0.2) is 8.42 Å². The Morgan fingerprint density at radius 1 is 0.828 bits per heavy atom. The van der Waals surface area contributed by atoms with Gasteiger partial charge >= 0.3 is 0 Å². The van der Waals surface area contributed by atoms with E-state index in [4.69, 9.17) is 0 Å². The van der Waals surface area contributed by atoms with Gasteiger partial charge in [0.15, 0.2) is 0 Å². The summed E-state index contributed by atoms with van der Waals surface area (Å²) in [5, 5.41) is 0. The van der Waals surface area contributed by atoms with E-state index in [0.29, 0.717) is 39.1 Å². The first kappa shape index (κ1) is 19.9. The van der Waals surface area contributed by atoms with Crippen LogP contribution in [0.4, 0.5) is 11.4 Å². The Morgan fingerprint density at radius 3 is 2.21 bits per heavy atom. The van der Waals surface area contributed by atoms with Crippen molar-refractivity contribution in [1.82, 2.24) is 4.31 Å². The molecule has 4 rings (SSSR count). The molecule has 0 aliphatic carbocycles. The fraction of sp³-hybridized carbons (Fsp3) is 0.409. The molecule has 2 aliphatic heterocycles. The number of rotatable bonds is 4. The van der Waals surface area contributed by atoms with Gasteiger partial charge in [-0.2, -0.15) is 4.31 Å². The lowest BCUT2D eigenvalue weighted by molar-refractivity contribution is -0.119. The van der Waals surface area contributed by atoms with Crippen molar-refractivity contribution in [3.8, 4) is 0 Å². The topological polar surface area (TPSA) is 60.9 Å². The number of carbonyl (C=O) groups excluding carboxylic acids is 1. The Hall–Kier alpha value is -2.38. The van der Waals surface area contributed by atoms with Crippen LogP contribution in [0.1, 0.15) is 24.8 Å². The highest BCUT2D eigenvalue weighted by molar-refractivity contribution is 7.89. The van der Waals surface area contributed by atoms with Crippen LogP contribution >= 0.6 is 0 Å². The van der Waals surface area contributed by atoms with Crippen molar-refractivity contribution in [2.45, 2.75) is 31.1 Å². The summed E-state index contributed by atoms with van der Waals surface area (Å²) in [4.78, 5) is 16.4. The van der Waals surface area contributed by atoms with Gasteiger partial charge in [-0.3, -0.25) is 4.79 Å². The number of benzene rings is 2. The molecule has 7 heteroatoms. The van der Waals surface area contributed by atoms with Crippen molar-refractivity contribution >= 4 is 27.3 Å². The van der Waals surface area contributed by atoms with E-state index in [2.05, 4.69) is 30.0 Å². The Kier molecular flexibility index (Phi) is 5.61. The highest BCUT2D eigenvalue weighted by atomic mass is 32.2. The number of carbonyl (C=O) groups is 1. The maximum Gasteiger partial charge on any atom is 0.243 e. The molecule has 0 unspecified atom stereocenters. The van der Waals surface area contributed by atoms with Gasteiger partial charge in [0.25, 0.3) is 0 Å². The van der Waals surface area contributed by atoms with Crippen LogP contribution in [0.5, 0.6) is 0 Å². The molecule has 0 N–H and O–H groups in total. The van der Waals surface area contributed by atoms with Crippen LogP contribution in [0.2, 0.25) is 0 Å². The first-order valence-corrected chi connectivity index (χ1v) is 11.6. The summed E-state index contributed by atoms with van der Waals surface area (Å²) >= 11 is 0. The summed E-state index contributed by atoms with van der Waals surface area (Å²) < 4.78 is 27.7. The molecule has 2 heterocycles. The van der Waals surface area contributed by atoms with E-state index in [9.17, 15) is 13.2 Å². The summed E-state index contributed by atoms with van der Waals surface area (Å²) in [5.41, 5.74) is 3.11. The van der Waals surface area contributed by atoms with Gasteiger partial charge in [0.2, 0.25) is 15.9 Å². The average Bonchev–Trinajstić information content (AvgIpc) is 2.74. The number of hydrogen-bond acceptors (Lipinski definition) is 4. The molecule has 1 amide bonds. The third-order valence-electron chi connectivity index (χ3n) is 5.72. The molecule has 2 aliphatic rings. The van der Waals surface area contributed by atoms with Crippen molar-refractivity contribution < 1.29 is 13.2 Å². The molecule has 6 nitrogen and oxygen atoms in total. The van der Waals surface area contributed by atoms with Gasteiger partial charge in [0.05, 0.1) is 4.90 Å². The zero-order chi connectivity index (χ0) is 20.4. The molecule has 29 heavy (non-hydrogen) atoms. The van der Waals surface area contributed by atoms with Crippen molar-refractivity contribution in [1.29, 1.82) is 0 Å². The van der Waals surface area contributed by atoms with Crippen molar-refractivity contribution in [2.75, 3.05) is 42.5 Å². The normalized spacial score (nSPS) is 18.9. The Bertz CT molecular complexity index is 981. The fourth-order valence-corrected chi connectivity index (χ4v) is 5.46. The number of anilines is 2. The minimum Gasteiger partial charge on any atom is -0.369 e. The molecule has 0 spiro atoms. The van der Waals surface area contributed by atoms with Gasteiger partial charge in [-0.05, 0) is 61.7 Å². The van der Waals surface area contributed by atoms with Gasteiger partial charge in [0.1, 0.15) is 0 Å². The molecule has 0 bridgehead atoms. The second kappa shape index (κ2) is 8.16. The third-order valence-corrected chi connectivity index (χ3v) is 7.63. The van der Waals surface area contributed by atoms with Crippen molar-refractivity contribution in [2.24, 2.45) is 0 Å². The van der Waals surface area contributed by atoms with Crippen LogP contribution < -0.4 is 9.80 Å². The van der Waals surface area contributed by atoms with Crippen molar-refractivity contribution in [3.63, 3.8) is 0 Å². The third kappa shape index (κ3) is 4.16. The number of aryl methyl sites for hydroxylation is 1. The second-order valence-electron chi connectivity index (χ2n) is 7.73. The lowest BCUT2D eigenvalue weighted by atomic mass is 10.1. The average molecular weight is 414 g/mol. The summed E-state index contributed by atoms with van der Waals surface area (Å²) in [5.74, 6) is 0.110. The second-order valence-corrected chi connectivity index (χ2v) is 9.66. The van der Waals surface area contributed by atoms with E-state index in [0.717, 1.165) is 24.2 Å². The summed E-state index contributed by atoms with van der Waals surface area (Å²) in [7, 11) is -3.53. The Balaban J connectivity index is 1.44. The molecule has 154 valence electrons. The maximum absolute atomic E-state index is 13.1. The minimum atomic E-state index is -3.53.